The molecule has 12 heavy (non-hydrogen) atoms. The molecular weight excluding hydrogens is 152 g/mol. The Labute approximate surface area is 72.4 Å². The van der Waals surface area contributed by atoms with Crippen molar-refractivity contribution in [1.29, 1.82) is 0 Å². The van der Waals surface area contributed by atoms with Gasteiger partial charge in [-0.1, -0.05) is 20.8 Å². The zero-order chi connectivity index (χ0) is 9.35. The lowest BCUT2D eigenvalue weighted by Crippen LogP contribution is -2.14. The van der Waals surface area contributed by atoms with Gasteiger partial charge in [0.25, 0.3) is 0 Å². The van der Waals surface area contributed by atoms with Crippen LogP contribution in [0.15, 0.2) is 6.20 Å². The van der Waals surface area contributed by atoms with Gasteiger partial charge in [-0.05, 0) is 0 Å². The molecule has 0 saturated carbocycles. The highest BCUT2D eigenvalue weighted by Gasteiger charge is 2.21. The Hall–Kier alpha value is -1.12. The zero-order valence-electron chi connectivity index (χ0n) is 7.96. The molecule has 0 saturated heterocycles. The van der Waals surface area contributed by atoms with E-state index in [1.54, 1.807) is 10.9 Å². The summed E-state index contributed by atoms with van der Waals surface area (Å²) in [6.07, 6.45) is 2.60. The molecule has 0 N–H and O–H groups in total. The smallest absolute Gasteiger partial charge is 0.153 e. The van der Waals surface area contributed by atoms with Gasteiger partial charge in [0.1, 0.15) is 0 Å². The highest BCUT2D eigenvalue weighted by molar-refractivity contribution is 5.76. The molecule has 0 bridgehead atoms. The molecule has 0 aliphatic rings. The molecule has 0 amide bonds. The largest absolute Gasteiger partial charge is 0.298 e. The maximum atomic E-state index is 10.6. The average Bonchev–Trinajstić information content (AvgIpc) is 2.29. The molecule has 1 aromatic heterocycles. The van der Waals surface area contributed by atoms with Crippen molar-refractivity contribution in [1.82, 2.24) is 9.78 Å². The van der Waals surface area contributed by atoms with Gasteiger partial charge >= 0.3 is 0 Å². The summed E-state index contributed by atoms with van der Waals surface area (Å²) in [5.74, 6) is 0. The van der Waals surface area contributed by atoms with Crippen molar-refractivity contribution in [2.75, 3.05) is 0 Å². The van der Waals surface area contributed by atoms with Crippen molar-refractivity contribution in [2.24, 2.45) is 7.05 Å². The van der Waals surface area contributed by atoms with Crippen molar-refractivity contribution in [3.8, 4) is 0 Å². The second-order valence-corrected chi connectivity index (χ2v) is 3.97. The third-order valence-corrected chi connectivity index (χ3v) is 1.69. The second-order valence-electron chi connectivity index (χ2n) is 3.97. The predicted molar refractivity (Wildman–Crippen MR) is 47.3 cm³/mol. The van der Waals surface area contributed by atoms with E-state index in [-0.39, 0.29) is 5.41 Å². The van der Waals surface area contributed by atoms with Crippen LogP contribution in [0.3, 0.4) is 0 Å². The van der Waals surface area contributed by atoms with Gasteiger partial charge in [0.15, 0.2) is 6.29 Å². The third-order valence-electron chi connectivity index (χ3n) is 1.69. The Kier molecular flexibility index (Phi) is 2.04. The molecule has 1 aromatic rings. The molecule has 0 aliphatic carbocycles. The topological polar surface area (TPSA) is 34.9 Å². The van der Waals surface area contributed by atoms with E-state index in [9.17, 15) is 4.79 Å². The van der Waals surface area contributed by atoms with Gasteiger partial charge in [0.05, 0.1) is 11.3 Å². The van der Waals surface area contributed by atoms with E-state index in [0.717, 1.165) is 12.0 Å². The summed E-state index contributed by atoms with van der Waals surface area (Å²) in [6.45, 7) is 6.13. The lowest BCUT2D eigenvalue weighted by molar-refractivity contribution is 0.112. The summed E-state index contributed by atoms with van der Waals surface area (Å²) >= 11 is 0. The van der Waals surface area contributed by atoms with Gasteiger partial charge in [0.2, 0.25) is 0 Å². The van der Waals surface area contributed by atoms with Gasteiger partial charge in [-0.2, -0.15) is 5.10 Å². The SMILES string of the molecule is Cn1cc(C=O)c(C(C)(C)C)n1. The van der Waals surface area contributed by atoms with Crippen LogP contribution in [0, 0.1) is 0 Å². The monoisotopic (exact) mass is 166 g/mol. The van der Waals surface area contributed by atoms with E-state index < -0.39 is 0 Å². The number of aromatic nitrogens is 2. The van der Waals surface area contributed by atoms with Crippen molar-refractivity contribution in [2.45, 2.75) is 26.2 Å². The minimum absolute atomic E-state index is 0.0580. The third kappa shape index (κ3) is 1.55. The highest BCUT2D eigenvalue weighted by Crippen LogP contribution is 2.22. The molecular formula is C9H14N2O. The van der Waals surface area contributed by atoms with Crippen LogP contribution >= 0.6 is 0 Å². The fourth-order valence-electron chi connectivity index (χ4n) is 1.18. The Morgan fingerprint density at radius 3 is 2.42 bits per heavy atom. The number of aldehydes is 1. The number of carbonyl (C=O) groups is 1. The molecule has 0 aliphatic heterocycles. The van der Waals surface area contributed by atoms with Gasteiger partial charge in [-0.3, -0.25) is 9.48 Å². The maximum absolute atomic E-state index is 10.6. The van der Waals surface area contributed by atoms with E-state index in [4.69, 9.17) is 0 Å². The van der Waals surface area contributed by atoms with Gasteiger partial charge in [0, 0.05) is 18.7 Å². The highest BCUT2D eigenvalue weighted by atomic mass is 16.1. The first-order valence-electron chi connectivity index (χ1n) is 3.94. The van der Waals surface area contributed by atoms with Crippen LogP contribution in [-0.2, 0) is 12.5 Å². The Balaban J connectivity index is 3.22. The normalized spacial score (nSPS) is 11.7. The van der Waals surface area contributed by atoms with Gasteiger partial charge in [-0.25, -0.2) is 0 Å². The minimum atomic E-state index is -0.0580. The van der Waals surface area contributed by atoms with Gasteiger partial charge in [-0.15, -0.1) is 0 Å². The Morgan fingerprint density at radius 2 is 2.08 bits per heavy atom. The van der Waals surface area contributed by atoms with Crippen molar-refractivity contribution in [3.63, 3.8) is 0 Å². The number of hydrogen-bond acceptors (Lipinski definition) is 2. The molecule has 66 valence electrons. The summed E-state index contributed by atoms with van der Waals surface area (Å²) in [4.78, 5) is 10.6. The average molecular weight is 166 g/mol. The number of nitrogens with zero attached hydrogens (tertiary/aromatic N) is 2. The zero-order valence-corrected chi connectivity index (χ0v) is 7.96. The van der Waals surface area contributed by atoms with E-state index in [2.05, 4.69) is 5.10 Å². The number of rotatable bonds is 1. The van der Waals surface area contributed by atoms with Crippen LogP contribution < -0.4 is 0 Å². The van der Waals surface area contributed by atoms with E-state index in [0.29, 0.717) is 5.56 Å². The fraction of sp³-hybridized carbons (Fsp3) is 0.556. The quantitative estimate of drug-likeness (QED) is 0.593. The molecule has 0 fully saturated rings. The van der Waals surface area contributed by atoms with Crippen LogP contribution in [0.5, 0.6) is 0 Å². The molecule has 0 spiro atoms. The van der Waals surface area contributed by atoms with E-state index >= 15 is 0 Å². The van der Waals surface area contributed by atoms with Gasteiger partial charge < -0.3 is 0 Å². The fourth-order valence-corrected chi connectivity index (χ4v) is 1.18. The van der Waals surface area contributed by atoms with Crippen molar-refractivity contribution >= 4 is 6.29 Å². The summed E-state index contributed by atoms with van der Waals surface area (Å²) < 4.78 is 1.67. The Morgan fingerprint density at radius 1 is 1.50 bits per heavy atom. The number of hydrogen-bond donors (Lipinski definition) is 0. The number of aryl methyl sites for hydroxylation is 1. The first-order chi connectivity index (χ1) is 5.45. The first-order valence-corrected chi connectivity index (χ1v) is 3.94. The van der Waals surface area contributed by atoms with Crippen LogP contribution in [0.1, 0.15) is 36.8 Å². The van der Waals surface area contributed by atoms with Crippen LogP contribution in [0.25, 0.3) is 0 Å². The maximum Gasteiger partial charge on any atom is 0.153 e. The second kappa shape index (κ2) is 2.73. The van der Waals surface area contributed by atoms with E-state index in [1.807, 2.05) is 27.8 Å². The summed E-state index contributed by atoms with van der Waals surface area (Å²) in [6, 6.07) is 0. The Bertz CT molecular complexity index is 294. The lowest BCUT2D eigenvalue weighted by atomic mass is 9.90. The summed E-state index contributed by atoms with van der Waals surface area (Å²) in [5, 5.41) is 4.24. The number of carbonyl (C=O) groups excluding carboxylic acids is 1. The summed E-state index contributed by atoms with van der Waals surface area (Å²) in [5.41, 5.74) is 1.49. The van der Waals surface area contributed by atoms with E-state index in [1.165, 1.54) is 0 Å². The predicted octanol–water partition coefficient (Wildman–Crippen LogP) is 1.53. The van der Waals surface area contributed by atoms with Crippen LogP contribution in [0.4, 0.5) is 0 Å². The molecule has 3 heteroatoms. The molecule has 0 atom stereocenters. The first kappa shape index (κ1) is 8.97. The summed E-state index contributed by atoms with van der Waals surface area (Å²) in [7, 11) is 1.82. The van der Waals surface area contributed by atoms with Crippen LogP contribution in [-0.4, -0.2) is 16.1 Å². The molecule has 0 unspecified atom stereocenters. The molecule has 3 nitrogen and oxygen atoms in total. The minimum Gasteiger partial charge on any atom is -0.298 e. The lowest BCUT2D eigenvalue weighted by Gasteiger charge is -2.15. The van der Waals surface area contributed by atoms with Crippen LogP contribution in [0.2, 0.25) is 0 Å². The van der Waals surface area contributed by atoms with Crippen molar-refractivity contribution in [3.05, 3.63) is 17.5 Å². The standard InChI is InChI=1S/C9H14N2O/c1-9(2,3)8-7(6-12)5-11(4)10-8/h5-6H,1-4H3. The van der Waals surface area contributed by atoms with Crippen molar-refractivity contribution < 1.29 is 4.79 Å². The molecule has 1 heterocycles. The molecule has 1 rings (SSSR count). The molecule has 0 radical (unpaired) electrons. The molecule has 0 aromatic carbocycles.